The van der Waals surface area contributed by atoms with Gasteiger partial charge in [0.25, 0.3) is 0 Å². The minimum atomic E-state index is -0.132. The van der Waals surface area contributed by atoms with E-state index in [1.54, 1.807) is 36.2 Å². The summed E-state index contributed by atoms with van der Waals surface area (Å²) in [5, 5.41) is 12.8. The number of hydrogen-bond donors (Lipinski definition) is 0. The number of nitrogens with zero attached hydrogens (tertiary/aromatic N) is 5. The lowest BCUT2D eigenvalue weighted by atomic mass is 10.2. The van der Waals surface area contributed by atoms with Crippen molar-refractivity contribution >= 4 is 17.5 Å². The Balaban J connectivity index is 1.39. The molecule has 2 aromatic carbocycles. The number of tetrazole rings is 1. The Morgan fingerprint density at radius 1 is 1.19 bits per heavy atom. The van der Waals surface area contributed by atoms with Crippen LogP contribution in [0.15, 0.2) is 42.5 Å². The molecule has 0 saturated heterocycles. The Morgan fingerprint density at radius 2 is 1.96 bits per heavy atom. The van der Waals surface area contributed by atoms with Crippen LogP contribution in [0.1, 0.15) is 5.56 Å². The molecule has 3 aromatic rings. The third-order valence-electron chi connectivity index (χ3n) is 4.11. The maximum Gasteiger partial charge on any atom is 0.246 e. The maximum absolute atomic E-state index is 12.5. The van der Waals surface area contributed by atoms with Crippen molar-refractivity contribution in [1.82, 2.24) is 25.1 Å². The lowest BCUT2D eigenvalue weighted by Gasteiger charge is -2.17. The molecule has 0 atom stereocenters. The molecule has 0 aliphatic carbocycles. The predicted octanol–water partition coefficient (Wildman–Crippen LogP) is 2.38. The van der Waals surface area contributed by atoms with Crippen molar-refractivity contribution in [2.24, 2.45) is 0 Å². The van der Waals surface area contributed by atoms with Crippen molar-refractivity contribution in [3.8, 4) is 22.9 Å². The third-order valence-corrected chi connectivity index (χ3v) is 4.37. The highest BCUT2D eigenvalue weighted by atomic mass is 35.5. The van der Waals surface area contributed by atoms with Crippen molar-refractivity contribution in [2.45, 2.75) is 13.1 Å². The number of benzene rings is 2. The molecule has 0 radical (unpaired) electrons. The zero-order chi connectivity index (χ0) is 18.8. The summed E-state index contributed by atoms with van der Waals surface area (Å²) in [5.41, 5.74) is 1.73. The molecule has 1 amide bonds. The quantitative estimate of drug-likeness (QED) is 0.670. The summed E-state index contributed by atoms with van der Waals surface area (Å²) in [6, 6.07) is 12.7. The van der Waals surface area contributed by atoms with E-state index in [1.165, 1.54) is 4.80 Å². The van der Waals surface area contributed by atoms with Crippen LogP contribution in [0.2, 0.25) is 5.02 Å². The average Bonchev–Trinajstić information content (AvgIpc) is 3.31. The van der Waals surface area contributed by atoms with Crippen LogP contribution in [0, 0.1) is 0 Å². The Bertz CT molecular complexity index is 973. The lowest BCUT2D eigenvalue weighted by Crippen LogP contribution is -2.30. The van der Waals surface area contributed by atoms with Crippen molar-refractivity contribution in [3.05, 3.63) is 53.1 Å². The molecular formula is C18H16ClN5O3. The normalized spacial score (nSPS) is 12.2. The van der Waals surface area contributed by atoms with E-state index >= 15 is 0 Å². The van der Waals surface area contributed by atoms with Crippen molar-refractivity contribution in [3.63, 3.8) is 0 Å². The van der Waals surface area contributed by atoms with Gasteiger partial charge in [-0.25, -0.2) is 0 Å². The highest BCUT2D eigenvalue weighted by molar-refractivity contribution is 6.30. The highest BCUT2D eigenvalue weighted by Gasteiger charge is 2.16. The van der Waals surface area contributed by atoms with Crippen LogP contribution in [0.5, 0.6) is 11.5 Å². The number of hydrogen-bond acceptors (Lipinski definition) is 6. The zero-order valence-corrected chi connectivity index (χ0v) is 15.3. The van der Waals surface area contributed by atoms with Gasteiger partial charge in [-0.05, 0) is 47.2 Å². The number of aromatic nitrogens is 4. The third kappa shape index (κ3) is 3.85. The first kappa shape index (κ1) is 17.3. The number of rotatable bonds is 5. The number of carbonyl (C=O) groups excluding carboxylic acids is 1. The number of ether oxygens (including phenoxy) is 2. The van der Waals surface area contributed by atoms with Gasteiger partial charge in [-0.3, -0.25) is 4.79 Å². The zero-order valence-electron chi connectivity index (χ0n) is 14.5. The predicted molar refractivity (Wildman–Crippen MR) is 97.3 cm³/mol. The molecule has 4 rings (SSSR count). The molecule has 0 spiro atoms. The fraction of sp³-hybridized carbons (Fsp3) is 0.222. The van der Waals surface area contributed by atoms with Gasteiger partial charge in [0.2, 0.25) is 18.5 Å². The Kier molecular flexibility index (Phi) is 4.64. The maximum atomic E-state index is 12.5. The summed E-state index contributed by atoms with van der Waals surface area (Å²) in [6.07, 6.45) is 0. The van der Waals surface area contributed by atoms with Gasteiger partial charge in [0.1, 0.15) is 6.54 Å². The van der Waals surface area contributed by atoms with E-state index in [0.29, 0.717) is 28.9 Å². The van der Waals surface area contributed by atoms with E-state index in [2.05, 4.69) is 15.4 Å². The largest absolute Gasteiger partial charge is 0.454 e. The molecule has 138 valence electrons. The highest BCUT2D eigenvalue weighted by Crippen LogP contribution is 2.32. The van der Waals surface area contributed by atoms with E-state index in [0.717, 1.165) is 11.1 Å². The summed E-state index contributed by atoms with van der Waals surface area (Å²) in [6.45, 7) is 0.664. The van der Waals surface area contributed by atoms with Crippen molar-refractivity contribution in [2.75, 3.05) is 13.8 Å². The number of amides is 1. The minimum absolute atomic E-state index is 0.00163. The summed E-state index contributed by atoms with van der Waals surface area (Å²) in [5.74, 6) is 1.72. The second-order valence-electron chi connectivity index (χ2n) is 6.09. The van der Waals surface area contributed by atoms with Crippen LogP contribution in [0.25, 0.3) is 11.4 Å². The van der Waals surface area contributed by atoms with Crippen molar-refractivity contribution in [1.29, 1.82) is 0 Å². The van der Waals surface area contributed by atoms with Gasteiger partial charge in [-0.1, -0.05) is 17.7 Å². The SMILES string of the molecule is CN(Cc1ccc2c(c1)OCO2)C(=O)Cn1nnc(-c2ccc(Cl)cc2)n1. The summed E-state index contributed by atoms with van der Waals surface area (Å²) >= 11 is 5.88. The van der Waals surface area contributed by atoms with Gasteiger partial charge in [0.15, 0.2) is 11.5 Å². The first-order valence-corrected chi connectivity index (χ1v) is 8.62. The molecule has 1 aliphatic rings. The molecule has 1 aliphatic heterocycles. The van der Waals surface area contributed by atoms with Gasteiger partial charge < -0.3 is 14.4 Å². The average molecular weight is 386 g/mol. The van der Waals surface area contributed by atoms with Gasteiger partial charge >= 0.3 is 0 Å². The van der Waals surface area contributed by atoms with E-state index in [-0.39, 0.29) is 19.2 Å². The standard InChI is InChI=1S/C18H16ClN5O3/c1-23(9-12-2-7-15-16(8-12)27-11-26-15)17(25)10-24-21-18(20-22-24)13-3-5-14(19)6-4-13/h2-8H,9-11H2,1H3. The van der Waals surface area contributed by atoms with Gasteiger partial charge in [0.05, 0.1) is 0 Å². The molecule has 9 heteroatoms. The molecule has 2 heterocycles. The van der Waals surface area contributed by atoms with Gasteiger partial charge in [0, 0.05) is 24.2 Å². The number of likely N-dealkylation sites (N-methyl/N-ethyl adjacent to an activating group) is 1. The van der Waals surface area contributed by atoms with Crippen LogP contribution in [0.4, 0.5) is 0 Å². The smallest absolute Gasteiger partial charge is 0.246 e. The van der Waals surface area contributed by atoms with Crippen LogP contribution >= 0.6 is 11.6 Å². The Hall–Kier alpha value is -3.13. The monoisotopic (exact) mass is 385 g/mol. The molecule has 1 aromatic heterocycles. The summed E-state index contributed by atoms with van der Waals surface area (Å²) in [4.78, 5) is 15.3. The molecule has 0 fully saturated rings. The molecule has 0 bridgehead atoms. The minimum Gasteiger partial charge on any atom is -0.454 e. The van der Waals surface area contributed by atoms with E-state index < -0.39 is 0 Å². The second kappa shape index (κ2) is 7.24. The Labute approximate surface area is 160 Å². The number of fused-ring (bicyclic) bond motifs is 1. The first-order valence-electron chi connectivity index (χ1n) is 8.25. The molecular weight excluding hydrogens is 370 g/mol. The molecule has 0 N–H and O–H groups in total. The van der Waals surface area contributed by atoms with Gasteiger partial charge in [-0.2, -0.15) is 4.80 Å². The van der Waals surface area contributed by atoms with E-state index in [9.17, 15) is 4.79 Å². The van der Waals surface area contributed by atoms with Crippen LogP contribution in [-0.4, -0.2) is 44.9 Å². The second-order valence-corrected chi connectivity index (χ2v) is 6.52. The molecule has 8 nitrogen and oxygen atoms in total. The molecule has 0 saturated carbocycles. The Morgan fingerprint density at radius 3 is 2.78 bits per heavy atom. The first-order chi connectivity index (χ1) is 13.1. The van der Waals surface area contributed by atoms with Crippen LogP contribution in [-0.2, 0) is 17.9 Å². The van der Waals surface area contributed by atoms with Gasteiger partial charge in [-0.15, -0.1) is 10.2 Å². The van der Waals surface area contributed by atoms with E-state index in [1.807, 2.05) is 18.2 Å². The van der Waals surface area contributed by atoms with Crippen LogP contribution < -0.4 is 9.47 Å². The molecule has 0 unspecified atom stereocenters. The van der Waals surface area contributed by atoms with E-state index in [4.69, 9.17) is 21.1 Å². The summed E-state index contributed by atoms with van der Waals surface area (Å²) in [7, 11) is 1.73. The summed E-state index contributed by atoms with van der Waals surface area (Å²) < 4.78 is 10.7. The topological polar surface area (TPSA) is 82.4 Å². The number of carbonyl (C=O) groups is 1. The molecule has 27 heavy (non-hydrogen) atoms. The van der Waals surface area contributed by atoms with Crippen LogP contribution in [0.3, 0.4) is 0 Å². The lowest BCUT2D eigenvalue weighted by molar-refractivity contribution is -0.131. The fourth-order valence-electron chi connectivity index (χ4n) is 2.67. The fourth-order valence-corrected chi connectivity index (χ4v) is 2.79. The number of halogens is 1. The van der Waals surface area contributed by atoms with Crippen molar-refractivity contribution < 1.29 is 14.3 Å².